The standard InChI is InChI=1S/C22H29F3O2/c1-2-26-20-12-10-18(21(24)22(20)25)17-9-11-19(27-14-17)16-7-5-15(6-8-16)4-3-13-23/h3-4,10,12,15-17,19H,2,5-9,11,13-14H2,1H3. The van der Waals surface area contributed by atoms with Gasteiger partial charge in [0.15, 0.2) is 11.6 Å². The van der Waals surface area contributed by atoms with Crippen LogP contribution < -0.4 is 4.74 Å². The zero-order valence-electron chi connectivity index (χ0n) is 15.9. The molecule has 1 heterocycles. The maximum atomic E-state index is 14.4. The lowest BCUT2D eigenvalue weighted by atomic mass is 9.76. The zero-order chi connectivity index (χ0) is 19.2. The molecule has 0 bridgehead atoms. The Bertz CT molecular complexity index is 631. The van der Waals surface area contributed by atoms with E-state index in [1.807, 2.05) is 6.08 Å². The summed E-state index contributed by atoms with van der Waals surface area (Å²) in [6.45, 7) is 2.08. The second-order valence-electron chi connectivity index (χ2n) is 7.62. The van der Waals surface area contributed by atoms with Crippen molar-refractivity contribution in [2.75, 3.05) is 19.9 Å². The van der Waals surface area contributed by atoms with Crippen LogP contribution in [0.15, 0.2) is 24.3 Å². The first-order valence-electron chi connectivity index (χ1n) is 10.1. The van der Waals surface area contributed by atoms with Gasteiger partial charge in [0.25, 0.3) is 0 Å². The van der Waals surface area contributed by atoms with Crippen molar-refractivity contribution >= 4 is 0 Å². The van der Waals surface area contributed by atoms with Crippen LogP contribution in [0.5, 0.6) is 5.75 Å². The van der Waals surface area contributed by atoms with Crippen molar-refractivity contribution in [3.05, 3.63) is 41.5 Å². The van der Waals surface area contributed by atoms with E-state index in [1.165, 1.54) is 6.07 Å². The molecule has 2 aliphatic rings. The summed E-state index contributed by atoms with van der Waals surface area (Å²) in [4.78, 5) is 0. The van der Waals surface area contributed by atoms with Gasteiger partial charge in [0.05, 0.1) is 19.3 Å². The topological polar surface area (TPSA) is 18.5 Å². The summed E-state index contributed by atoms with van der Waals surface area (Å²) in [5, 5.41) is 0. The lowest BCUT2D eigenvalue weighted by Crippen LogP contribution is -2.33. The molecule has 1 aliphatic heterocycles. The van der Waals surface area contributed by atoms with E-state index < -0.39 is 18.3 Å². The van der Waals surface area contributed by atoms with E-state index in [0.717, 1.165) is 38.5 Å². The molecule has 150 valence electrons. The Labute approximate surface area is 159 Å². The normalized spacial score (nSPS) is 29.2. The summed E-state index contributed by atoms with van der Waals surface area (Å²) in [6, 6.07) is 3.13. The van der Waals surface area contributed by atoms with Crippen LogP contribution in [0.3, 0.4) is 0 Å². The third-order valence-electron chi connectivity index (χ3n) is 5.97. The molecule has 1 saturated heterocycles. The lowest BCUT2D eigenvalue weighted by Gasteiger charge is -2.37. The van der Waals surface area contributed by atoms with E-state index in [-0.39, 0.29) is 17.8 Å². The molecule has 2 unspecified atom stereocenters. The maximum Gasteiger partial charge on any atom is 0.200 e. The van der Waals surface area contributed by atoms with Gasteiger partial charge >= 0.3 is 0 Å². The molecule has 1 saturated carbocycles. The highest BCUT2D eigenvalue weighted by molar-refractivity contribution is 5.33. The number of ether oxygens (including phenoxy) is 2. The minimum absolute atomic E-state index is 0.0353. The highest BCUT2D eigenvalue weighted by Gasteiger charge is 2.33. The van der Waals surface area contributed by atoms with Crippen LogP contribution in [0.2, 0.25) is 0 Å². The van der Waals surface area contributed by atoms with Crippen molar-refractivity contribution in [1.82, 2.24) is 0 Å². The smallest absolute Gasteiger partial charge is 0.200 e. The number of halogens is 3. The number of alkyl halides is 1. The first-order valence-corrected chi connectivity index (χ1v) is 10.1. The van der Waals surface area contributed by atoms with E-state index in [9.17, 15) is 13.2 Å². The van der Waals surface area contributed by atoms with E-state index in [0.29, 0.717) is 30.6 Å². The van der Waals surface area contributed by atoms with E-state index >= 15 is 0 Å². The molecule has 2 nitrogen and oxygen atoms in total. The SMILES string of the molecule is CCOc1ccc(C2CCC(C3CCC(C=CCF)CC3)OC2)c(F)c1F. The minimum atomic E-state index is -0.906. The van der Waals surface area contributed by atoms with Crippen molar-refractivity contribution in [2.24, 2.45) is 11.8 Å². The fourth-order valence-electron chi connectivity index (χ4n) is 4.47. The fraction of sp³-hybridized carbons (Fsp3) is 0.636. The predicted molar refractivity (Wildman–Crippen MR) is 99.8 cm³/mol. The second kappa shape index (κ2) is 9.63. The Balaban J connectivity index is 1.54. The summed E-state index contributed by atoms with van der Waals surface area (Å²) in [6.07, 6.45) is 9.79. The van der Waals surface area contributed by atoms with Crippen LogP contribution in [0.25, 0.3) is 0 Å². The second-order valence-corrected chi connectivity index (χ2v) is 7.62. The van der Waals surface area contributed by atoms with Crippen LogP contribution in [-0.2, 0) is 4.74 Å². The van der Waals surface area contributed by atoms with Crippen molar-refractivity contribution in [2.45, 2.75) is 57.5 Å². The monoisotopic (exact) mass is 382 g/mol. The number of benzene rings is 1. The minimum Gasteiger partial charge on any atom is -0.491 e. The van der Waals surface area contributed by atoms with Gasteiger partial charge in [0.2, 0.25) is 5.82 Å². The third-order valence-corrected chi connectivity index (χ3v) is 5.97. The van der Waals surface area contributed by atoms with Gasteiger partial charge in [0, 0.05) is 5.92 Å². The largest absolute Gasteiger partial charge is 0.491 e. The van der Waals surface area contributed by atoms with Gasteiger partial charge in [-0.05, 0) is 68.9 Å². The van der Waals surface area contributed by atoms with E-state index in [4.69, 9.17) is 9.47 Å². The number of hydrogen-bond acceptors (Lipinski definition) is 2. The molecule has 0 aromatic heterocycles. The van der Waals surface area contributed by atoms with Crippen LogP contribution in [0, 0.1) is 23.5 Å². The van der Waals surface area contributed by atoms with Crippen LogP contribution in [-0.4, -0.2) is 26.0 Å². The lowest BCUT2D eigenvalue weighted by molar-refractivity contribution is -0.0424. The average Bonchev–Trinajstić information content (AvgIpc) is 2.71. The summed E-state index contributed by atoms with van der Waals surface area (Å²) in [5.41, 5.74) is 0.384. The third kappa shape index (κ3) is 4.87. The number of hydrogen-bond donors (Lipinski definition) is 0. The summed E-state index contributed by atoms with van der Waals surface area (Å²) >= 11 is 0. The van der Waals surface area contributed by atoms with E-state index in [2.05, 4.69) is 0 Å². The Morgan fingerprint density at radius 2 is 1.85 bits per heavy atom. The molecule has 1 aliphatic carbocycles. The quantitative estimate of drug-likeness (QED) is 0.565. The molecule has 0 spiro atoms. The molecule has 0 amide bonds. The Morgan fingerprint density at radius 1 is 1.07 bits per heavy atom. The van der Waals surface area contributed by atoms with Crippen molar-refractivity contribution in [1.29, 1.82) is 0 Å². The fourth-order valence-corrected chi connectivity index (χ4v) is 4.47. The van der Waals surface area contributed by atoms with Gasteiger partial charge < -0.3 is 9.47 Å². The van der Waals surface area contributed by atoms with Crippen molar-refractivity contribution < 1.29 is 22.6 Å². The van der Waals surface area contributed by atoms with Crippen LogP contribution in [0.1, 0.15) is 56.9 Å². The first-order chi connectivity index (χ1) is 13.1. The molecular weight excluding hydrogens is 353 g/mol. The van der Waals surface area contributed by atoms with Gasteiger partial charge in [-0.3, -0.25) is 0 Å². The molecular formula is C22H29F3O2. The maximum absolute atomic E-state index is 14.4. The molecule has 1 aromatic rings. The Morgan fingerprint density at radius 3 is 2.48 bits per heavy atom. The molecule has 5 heteroatoms. The molecule has 0 radical (unpaired) electrons. The molecule has 2 fully saturated rings. The molecule has 2 atom stereocenters. The van der Waals surface area contributed by atoms with Gasteiger partial charge in [-0.15, -0.1) is 0 Å². The van der Waals surface area contributed by atoms with Gasteiger partial charge in [0.1, 0.15) is 6.67 Å². The van der Waals surface area contributed by atoms with Gasteiger partial charge in [-0.1, -0.05) is 18.2 Å². The molecule has 27 heavy (non-hydrogen) atoms. The number of allylic oxidation sites excluding steroid dienone is 2. The average molecular weight is 382 g/mol. The zero-order valence-corrected chi connectivity index (χ0v) is 15.9. The van der Waals surface area contributed by atoms with E-state index in [1.54, 1.807) is 19.1 Å². The van der Waals surface area contributed by atoms with Crippen LogP contribution in [0.4, 0.5) is 13.2 Å². The van der Waals surface area contributed by atoms with Gasteiger partial charge in [-0.2, -0.15) is 4.39 Å². The predicted octanol–water partition coefficient (Wildman–Crippen LogP) is 5.96. The molecule has 0 N–H and O–H groups in total. The van der Waals surface area contributed by atoms with Crippen molar-refractivity contribution in [3.63, 3.8) is 0 Å². The summed E-state index contributed by atoms with van der Waals surface area (Å²) < 4.78 is 52.0. The molecule has 3 rings (SSSR count). The molecule has 1 aromatic carbocycles. The Kier molecular flexibility index (Phi) is 7.22. The number of rotatable bonds is 6. The summed E-state index contributed by atoms with van der Waals surface area (Å²) in [7, 11) is 0. The first kappa shape index (κ1) is 20.2. The summed E-state index contributed by atoms with van der Waals surface area (Å²) in [5.74, 6) is -0.872. The van der Waals surface area contributed by atoms with Crippen LogP contribution >= 0.6 is 0 Å². The highest BCUT2D eigenvalue weighted by atomic mass is 19.2. The van der Waals surface area contributed by atoms with Gasteiger partial charge in [-0.25, -0.2) is 8.78 Å². The highest BCUT2D eigenvalue weighted by Crippen LogP contribution is 2.39. The Hall–Kier alpha value is -1.49. The van der Waals surface area contributed by atoms with Crippen molar-refractivity contribution in [3.8, 4) is 5.75 Å².